The van der Waals surface area contributed by atoms with Crippen molar-refractivity contribution in [1.82, 2.24) is 0 Å². The molecule has 2 aliphatic carbocycles. The van der Waals surface area contributed by atoms with E-state index in [4.69, 9.17) is 0 Å². The second-order valence-corrected chi connectivity index (χ2v) is 7.29. The van der Waals surface area contributed by atoms with Crippen LogP contribution in [0.5, 0.6) is 0 Å². The van der Waals surface area contributed by atoms with Gasteiger partial charge in [-0.2, -0.15) is 5.26 Å². The van der Waals surface area contributed by atoms with E-state index in [1.807, 2.05) is 0 Å². The van der Waals surface area contributed by atoms with Gasteiger partial charge in [-0.3, -0.25) is 0 Å². The molecule has 0 spiro atoms. The van der Waals surface area contributed by atoms with Crippen molar-refractivity contribution < 1.29 is 0 Å². The fourth-order valence-corrected chi connectivity index (χ4v) is 3.45. The molecular formula is C17H22N2S. The van der Waals surface area contributed by atoms with Gasteiger partial charge in [-0.1, -0.05) is 13.0 Å². The van der Waals surface area contributed by atoms with Crippen LogP contribution in [0.15, 0.2) is 23.1 Å². The third-order valence-electron chi connectivity index (χ3n) is 4.11. The van der Waals surface area contributed by atoms with Crippen molar-refractivity contribution in [2.45, 2.75) is 37.5 Å². The smallest absolute Gasteiger partial charge is 0.103 e. The van der Waals surface area contributed by atoms with Crippen LogP contribution in [-0.2, 0) is 0 Å². The van der Waals surface area contributed by atoms with E-state index in [1.54, 1.807) is 11.8 Å². The number of rotatable bonds is 7. The first kappa shape index (κ1) is 13.8. The molecule has 0 heterocycles. The predicted molar refractivity (Wildman–Crippen MR) is 85.2 cm³/mol. The molecule has 0 amide bonds. The normalized spacial score (nSPS) is 17.8. The Morgan fingerprint density at radius 1 is 1.20 bits per heavy atom. The first-order chi connectivity index (χ1) is 9.81. The Morgan fingerprint density at radius 2 is 1.85 bits per heavy atom. The topological polar surface area (TPSA) is 27.0 Å². The van der Waals surface area contributed by atoms with Crippen LogP contribution in [0.4, 0.5) is 5.69 Å². The van der Waals surface area contributed by atoms with Gasteiger partial charge in [-0.15, -0.1) is 11.8 Å². The van der Waals surface area contributed by atoms with Gasteiger partial charge < -0.3 is 4.90 Å². The lowest BCUT2D eigenvalue weighted by atomic mass is 10.1. The molecule has 0 bridgehead atoms. The molecule has 0 atom stereocenters. The van der Waals surface area contributed by atoms with Gasteiger partial charge in [0.15, 0.2) is 0 Å². The molecular weight excluding hydrogens is 264 g/mol. The van der Waals surface area contributed by atoms with E-state index in [2.05, 4.69) is 36.1 Å². The summed E-state index contributed by atoms with van der Waals surface area (Å²) in [6.07, 6.45) is 5.47. The van der Waals surface area contributed by atoms with Crippen LogP contribution in [-0.4, -0.2) is 18.8 Å². The van der Waals surface area contributed by atoms with Crippen molar-refractivity contribution in [3.8, 4) is 6.07 Å². The quantitative estimate of drug-likeness (QED) is 0.699. The zero-order chi connectivity index (χ0) is 13.9. The molecule has 0 unspecified atom stereocenters. The lowest BCUT2D eigenvalue weighted by Crippen LogP contribution is -2.28. The minimum absolute atomic E-state index is 0.864. The van der Waals surface area contributed by atoms with Crippen LogP contribution in [0.2, 0.25) is 0 Å². The zero-order valence-corrected chi connectivity index (χ0v) is 13.0. The Kier molecular flexibility index (Phi) is 4.21. The molecule has 0 saturated heterocycles. The second kappa shape index (κ2) is 6.10. The molecule has 1 aromatic carbocycles. The molecule has 0 radical (unpaired) electrons. The number of benzene rings is 1. The Bertz CT molecular complexity index is 498. The van der Waals surface area contributed by atoms with E-state index >= 15 is 0 Å². The maximum Gasteiger partial charge on any atom is 0.103 e. The Labute approximate surface area is 126 Å². The maximum atomic E-state index is 9.58. The molecule has 1 aromatic rings. The van der Waals surface area contributed by atoms with Gasteiger partial charge in [0.05, 0.1) is 11.3 Å². The first-order valence-corrected chi connectivity index (χ1v) is 8.71. The average molecular weight is 286 g/mol. The highest BCUT2D eigenvalue weighted by atomic mass is 32.2. The zero-order valence-electron chi connectivity index (χ0n) is 12.1. The summed E-state index contributed by atoms with van der Waals surface area (Å²) < 4.78 is 0. The monoisotopic (exact) mass is 286 g/mol. The highest BCUT2D eigenvalue weighted by Crippen LogP contribution is 2.38. The molecule has 0 aliphatic heterocycles. The van der Waals surface area contributed by atoms with E-state index in [0.29, 0.717) is 0 Å². The van der Waals surface area contributed by atoms with Gasteiger partial charge >= 0.3 is 0 Å². The van der Waals surface area contributed by atoms with Gasteiger partial charge in [0.25, 0.3) is 0 Å². The number of hydrogen-bond acceptors (Lipinski definition) is 3. The fraction of sp³-hybridized carbons (Fsp3) is 0.588. The highest BCUT2D eigenvalue weighted by Gasteiger charge is 2.30. The highest BCUT2D eigenvalue weighted by molar-refractivity contribution is 7.99. The predicted octanol–water partition coefficient (Wildman–Crippen LogP) is 4.30. The first-order valence-electron chi connectivity index (χ1n) is 7.72. The molecule has 2 aliphatic rings. The SMILES string of the molecule is CCSc1cccc(N(CC2CC2)CC2CC2)c1C#N. The molecule has 2 fully saturated rings. The summed E-state index contributed by atoms with van der Waals surface area (Å²) in [5.74, 6) is 2.74. The lowest BCUT2D eigenvalue weighted by molar-refractivity contribution is 0.678. The number of nitriles is 1. The van der Waals surface area contributed by atoms with Gasteiger partial charge in [-0.25, -0.2) is 0 Å². The molecule has 2 nitrogen and oxygen atoms in total. The van der Waals surface area contributed by atoms with E-state index in [0.717, 1.165) is 41.1 Å². The minimum atomic E-state index is 0.864. The molecule has 0 N–H and O–H groups in total. The average Bonchev–Trinajstić information content (AvgIpc) is 3.33. The summed E-state index contributed by atoms with van der Waals surface area (Å²) >= 11 is 1.78. The van der Waals surface area contributed by atoms with Crippen LogP contribution in [0.3, 0.4) is 0 Å². The van der Waals surface area contributed by atoms with Crippen LogP contribution in [0.1, 0.15) is 38.2 Å². The fourth-order valence-electron chi connectivity index (χ4n) is 2.67. The van der Waals surface area contributed by atoms with Gasteiger partial charge in [0.1, 0.15) is 6.07 Å². The Morgan fingerprint density at radius 3 is 2.35 bits per heavy atom. The Hall–Kier alpha value is -1.14. The third kappa shape index (κ3) is 3.30. The third-order valence-corrected chi connectivity index (χ3v) is 5.05. The van der Waals surface area contributed by atoms with Gasteiger partial charge in [0, 0.05) is 18.0 Å². The van der Waals surface area contributed by atoms with Gasteiger partial charge in [0.2, 0.25) is 0 Å². The minimum Gasteiger partial charge on any atom is -0.370 e. The maximum absolute atomic E-state index is 9.58. The van der Waals surface area contributed by atoms with Crippen molar-refractivity contribution in [3.05, 3.63) is 23.8 Å². The van der Waals surface area contributed by atoms with Crippen molar-refractivity contribution in [3.63, 3.8) is 0 Å². The van der Waals surface area contributed by atoms with Crippen LogP contribution < -0.4 is 4.90 Å². The molecule has 20 heavy (non-hydrogen) atoms. The van der Waals surface area contributed by atoms with Crippen molar-refractivity contribution >= 4 is 17.4 Å². The Balaban J connectivity index is 1.87. The molecule has 106 valence electrons. The summed E-state index contributed by atoms with van der Waals surface area (Å²) in [5.41, 5.74) is 2.06. The molecule has 2 saturated carbocycles. The van der Waals surface area contributed by atoms with E-state index in [1.165, 1.54) is 31.4 Å². The van der Waals surface area contributed by atoms with E-state index in [-0.39, 0.29) is 0 Å². The van der Waals surface area contributed by atoms with Gasteiger partial charge in [-0.05, 0) is 55.4 Å². The van der Waals surface area contributed by atoms with E-state index < -0.39 is 0 Å². The van der Waals surface area contributed by atoms with Crippen LogP contribution in [0, 0.1) is 23.2 Å². The number of nitrogens with zero attached hydrogens (tertiary/aromatic N) is 2. The number of anilines is 1. The van der Waals surface area contributed by atoms with Crippen LogP contribution in [0.25, 0.3) is 0 Å². The standard InChI is InChI=1S/C17H22N2S/c1-2-20-17-5-3-4-16(15(17)10-18)19(11-13-6-7-13)12-14-8-9-14/h3-5,13-14H,2,6-9,11-12H2,1H3. The number of thioether (sulfide) groups is 1. The number of hydrogen-bond donors (Lipinski definition) is 0. The summed E-state index contributed by atoms with van der Waals surface area (Å²) in [6.45, 7) is 4.43. The molecule has 0 aromatic heterocycles. The summed E-state index contributed by atoms with van der Waals surface area (Å²) in [6, 6.07) is 8.79. The van der Waals surface area contributed by atoms with E-state index in [9.17, 15) is 5.26 Å². The molecule has 3 rings (SSSR count). The van der Waals surface area contributed by atoms with Crippen LogP contribution >= 0.6 is 11.8 Å². The summed E-state index contributed by atoms with van der Waals surface area (Å²) in [5, 5.41) is 9.58. The van der Waals surface area contributed by atoms with Crippen molar-refractivity contribution in [1.29, 1.82) is 5.26 Å². The lowest BCUT2D eigenvalue weighted by Gasteiger charge is -2.26. The second-order valence-electron chi connectivity index (χ2n) is 5.99. The summed E-state index contributed by atoms with van der Waals surface area (Å²) in [7, 11) is 0. The van der Waals surface area contributed by atoms with Crippen molar-refractivity contribution in [2.24, 2.45) is 11.8 Å². The largest absolute Gasteiger partial charge is 0.370 e. The molecule has 3 heteroatoms. The van der Waals surface area contributed by atoms with Crippen molar-refractivity contribution in [2.75, 3.05) is 23.7 Å². The summed E-state index contributed by atoms with van der Waals surface area (Å²) in [4.78, 5) is 3.64.